The molecular weight excluding hydrogens is 522 g/mol. The lowest BCUT2D eigenvalue weighted by atomic mass is 9.82. The van der Waals surface area contributed by atoms with Crippen LogP contribution >= 0.6 is 0 Å². The van der Waals surface area contributed by atoms with Gasteiger partial charge >= 0.3 is 5.97 Å². The molecule has 0 aliphatic carbocycles. The number of carbonyl (C=O) groups excluding carboxylic acids is 2. The smallest absolute Gasteiger partial charge is 0.306 e. The number of phenols is 2. The Labute approximate surface area is 230 Å². The Balaban J connectivity index is 2.05. The average Bonchev–Trinajstić information content (AvgIpc) is 3.37. The third kappa shape index (κ3) is 4.84. The number of methoxy groups -OCH3 is 4. The lowest BCUT2D eigenvalue weighted by Gasteiger charge is -2.26. The van der Waals surface area contributed by atoms with Gasteiger partial charge in [0.1, 0.15) is 29.1 Å². The predicted molar refractivity (Wildman–Crippen MR) is 142 cm³/mol. The molecule has 212 valence electrons. The maximum Gasteiger partial charge on any atom is 0.306 e. The highest BCUT2D eigenvalue weighted by molar-refractivity contribution is 5.98. The molecule has 1 aliphatic rings. The maximum atomic E-state index is 12.7. The van der Waals surface area contributed by atoms with Crippen molar-refractivity contribution in [2.45, 2.75) is 38.9 Å². The minimum atomic E-state index is -1.08. The first-order chi connectivity index (χ1) is 19.1. The Kier molecular flexibility index (Phi) is 8.06. The second-order valence-electron chi connectivity index (χ2n) is 9.28. The fourth-order valence-electron chi connectivity index (χ4n) is 5.01. The molecule has 2 atom stereocenters. The van der Waals surface area contributed by atoms with Gasteiger partial charge in [0.2, 0.25) is 0 Å². The Morgan fingerprint density at radius 3 is 2.23 bits per heavy atom. The summed E-state index contributed by atoms with van der Waals surface area (Å²) < 4.78 is 27.3. The fourth-order valence-corrected chi connectivity index (χ4v) is 5.01. The van der Waals surface area contributed by atoms with E-state index in [0.717, 1.165) is 0 Å². The van der Waals surface area contributed by atoms with Crippen LogP contribution in [0.4, 0.5) is 0 Å². The molecular formula is C29H31NO10. The SMILES string of the molecule is COC(=O)C[C@@H](c1cc(OC)c(OC)cc1OC)c1c(O)c(C(C)=O)cc([C@@H]2OCc3cnc(C)c(O)c32)c1O. The van der Waals surface area contributed by atoms with Gasteiger partial charge in [-0.1, -0.05) is 0 Å². The summed E-state index contributed by atoms with van der Waals surface area (Å²) in [5.74, 6) is -2.37. The molecule has 4 rings (SSSR count). The molecule has 0 saturated carbocycles. The minimum Gasteiger partial charge on any atom is -0.507 e. The average molecular weight is 554 g/mol. The van der Waals surface area contributed by atoms with E-state index < -0.39 is 35.3 Å². The Morgan fingerprint density at radius 1 is 0.975 bits per heavy atom. The van der Waals surface area contributed by atoms with Crippen LogP contribution in [0, 0.1) is 6.92 Å². The van der Waals surface area contributed by atoms with Gasteiger partial charge in [0.15, 0.2) is 17.3 Å². The first-order valence-corrected chi connectivity index (χ1v) is 12.3. The summed E-state index contributed by atoms with van der Waals surface area (Å²) in [4.78, 5) is 29.5. The van der Waals surface area contributed by atoms with Crippen LogP contribution in [0.1, 0.15) is 69.2 Å². The van der Waals surface area contributed by atoms with Crippen LogP contribution in [0.2, 0.25) is 0 Å². The van der Waals surface area contributed by atoms with E-state index in [-0.39, 0.29) is 41.2 Å². The lowest BCUT2D eigenvalue weighted by Crippen LogP contribution is -2.14. The van der Waals surface area contributed by atoms with Crippen molar-refractivity contribution in [3.8, 4) is 34.5 Å². The van der Waals surface area contributed by atoms with Crippen LogP contribution in [0.3, 0.4) is 0 Å². The highest BCUT2D eigenvalue weighted by Crippen LogP contribution is 2.52. The van der Waals surface area contributed by atoms with Crippen molar-refractivity contribution >= 4 is 11.8 Å². The Morgan fingerprint density at radius 2 is 1.62 bits per heavy atom. The van der Waals surface area contributed by atoms with Crippen molar-refractivity contribution in [2.24, 2.45) is 0 Å². The van der Waals surface area contributed by atoms with E-state index in [1.807, 2.05) is 0 Å². The number of phenolic OH excluding ortho intramolecular Hbond substituents is 2. The number of carbonyl (C=O) groups is 2. The van der Waals surface area contributed by atoms with Gasteiger partial charge in [0.05, 0.1) is 52.7 Å². The number of aromatic nitrogens is 1. The van der Waals surface area contributed by atoms with Gasteiger partial charge in [-0.2, -0.15) is 0 Å². The van der Waals surface area contributed by atoms with Crippen LogP contribution in [0.5, 0.6) is 34.5 Å². The molecule has 3 N–H and O–H groups in total. The molecule has 0 bridgehead atoms. The molecule has 0 fully saturated rings. The zero-order valence-electron chi connectivity index (χ0n) is 23.0. The van der Waals surface area contributed by atoms with Gasteiger partial charge in [0, 0.05) is 46.0 Å². The monoisotopic (exact) mass is 553 g/mol. The standard InChI is InChI=1S/C29H31NO10/c1-13-26(33)24-15(11-30-13)12-40-29(24)19-7-16(14(2)31)27(34)25(28(19)35)18(9-23(32)39-6)17-8-21(37-4)22(38-5)10-20(17)36-3/h7-8,10-11,18,29,33-35H,9,12H2,1-6H3/t18-,29-/m0/s1. The molecule has 3 aromatic rings. The number of aryl methyl sites for hydroxylation is 1. The molecule has 40 heavy (non-hydrogen) atoms. The largest absolute Gasteiger partial charge is 0.507 e. The first-order valence-electron chi connectivity index (χ1n) is 12.3. The number of nitrogens with zero attached hydrogens (tertiary/aromatic N) is 1. The third-order valence-corrected chi connectivity index (χ3v) is 7.08. The van der Waals surface area contributed by atoms with E-state index in [2.05, 4.69) is 4.98 Å². The molecule has 11 heteroatoms. The van der Waals surface area contributed by atoms with Crippen LogP contribution in [-0.2, 0) is 20.9 Å². The number of Topliss-reactive ketones (excluding diaryl/α,β-unsaturated/α-hetero) is 1. The van der Waals surface area contributed by atoms with Gasteiger partial charge in [-0.05, 0) is 26.0 Å². The molecule has 0 amide bonds. The summed E-state index contributed by atoms with van der Waals surface area (Å²) in [6.07, 6.45) is 0.240. The number of fused-ring (bicyclic) bond motifs is 1. The van der Waals surface area contributed by atoms with Crippen molar-refractivity contribution in [3.05, 3.63) is 63.5 Å². The molecule has 0 saturated heterocycles. The van der Waals surface area contributed by atoms with E-state index in [9.17, 15) is 24.9 Å². The lowest BCUT2D eigenvalue weighted by molar-refractivity contribution is -0.140. The minimum absolute atomic E-state index is 0.0982. The van der Waals surface area contributed by atoms with Crippen LogP contribution < -0.4 is 14.2 Å². The fraction of sp³-hybridized carbons (Fsp3) is 0.345. The first kappa shape index (κ1) is 28.5. The summed E-state index contributed by atoms with van der Waals surface area (Å²) in [5, 5.41) is 33.9. The zero-order chi connectivity index (χ0) is 29.3. The zero-order valence-corrected chi connectivity index (χ0v) is 23.0. The van der Waals surface area contributed by atoms with E-state index >= 15 is 0 Å². The van der Waals surface area contributed by atoms with Gasteiger partial charge in [-0.3, -0.25) is 14.6 Å². The Hall–Kier alpha value is -4.51. The summed E-state index contributed by atoms with van der Waals surface area (Å²) in [6, 6.07) is 4.44. The molecule has 1 aliphatic heterocycles. The Bertz CT molecular complexity index is 1480. The molecule has 0 unspecified atom stereocenters. The van der Waals surface area contributed by atoms with E-state index in [1.54, 1.807) is 25.3 Å². The molecule has 2 aromatic carbocycles. The van der Waals surface area contributed by atoms with E-state index in [1.165, 1.54) is 41.4 Å². The number of hydrogen-bond donors (Lipinski definition) is 3. The van der Waals surface area contributed by atoms with Crippen molar-refractivity contribution < 1.29 is 48.6 Å². The van der Waals surface area contributed by atoms with Crippen LogP contribution in [0.15, 0.2) is 24.4 Å². The normalized spacial score (nSPS) is 14.8. The summed E-state index contributed by atoms with van der Waals surface area (Å²) in [7, 11) is 5.52. The molecule has 2 heterocycles. The van der Waals surface area contributed by atoms with Crippen molar-refractivity contribution in [1.29, 1.82) is 0 Å². The van der Waals surface area contributed by atoms with E-state index in [0.29, 0.717) is 33.9 Å². The number of pyridine rings is 1. The molecule has 0 spiro atoms. The predicted octanol–water partition coefficient (Wildman–Crippen LogP) is 4.05. The maximum absolute atomic E-state index is 12.7. The number of esters is 1. The number of hydrogen-bond acceptors (Lipinski definition) is 11. The van der Waals surface area contributed by atoms with Crippen LogP contribution in [-0.4, -0.2) is 60.5 Å². The second kappa shape index (κ2) is 11.3. The van der Waals surface area contributed by atoms with E-state index in [4.69, 9.17) is 23.7 Å². The van der Waals surface area contributed by atoms with Gasteiger partial charge in [-0.15, -0.1) is 0 Å². The number of aromatic hydroxyl groups is 3. The third-order valence-electron chi connectivity index (χ3n) is 7.08. The topological polar surface area (TPSA) is 154 Å². The molecule has 1 aromatic heterocycles. The number of ketones is 1. The second-order valence-corrected chi connectivity index (χ2v) is 9.28. The summed E-state index contributed by atoms with van der Waals surface area (Å²) in [6.45, 7) is 2.99. The quantitative estimate of drug-likeness (QED) is 0.260. The summed E-state index contributed by atoms with van der Waals surface area (Å²) >= 11 is 0. The number of ether oxygens (including phenoxy) is 5. The highest BCUT2D eigenvalue weighted by Gasteiger charge is 2.37. The highest BCUT2D eigenvalue weighted by atomic mass is 16.5. The molecule has 11 nitrogen and oxygen atoms in total. The van der Waals surface area contributed by atoms with Gasteiger partial charge in [0.25, 0.3) is 0 Å². The van der Waals surface area contributed by atoms with Crippen molar-refractivity contribution in [2.75, 3.05) is 28.4 Å². The summed E-state index contributed by atoms with van der Waals surface area (Å²) in [5.41, 5.74) is 1.59. The van der Waals surface area contributed by atoms with Crippen LogP contribution in [0.25, 0.3) is 0 Å². The van der Waals surface area contributed by atoms with Crippen molar-refractivity contribution in [3.63, 3.8) is 0 Å². The molecule has 0 radical (unpaired) electrons. The van der Waals surface area contributed by atoms with Gasteiger partial charge in [-0.25, -0.2) is 0 Å². The number of rotatable bonds is 9. The number of benzene rings is 2. The van der Waals surface area contributed by atoms with Gasteiger partial charge < -0.3 is 39.0 Å². The van der Waals surface area contributed by atoms with Crippen molar-refractivity contribution in [1.82, 2.24) is 4.98 Å².